The van der Waals surface area contributed by atoms with E-state index in [1.54, 1.807) is 6.07 Å². The Balaban J connectivity index is 1.76. The molecule has 0 aromatic heterocycles. The zero-order valence-corrected chi connectivity index (χ0v) is 12.3. The summed E-state index contributed by atoms with van der Waals surface area (Å²) < 4.78 is 33.8. The number of nitriles is 1. The highest BCUT2D eigenvalue weighted by atomic mass is 32.2. The summed E-state index contributed by atoms with van der Waals surface area (Å²) in [7, 11) is 0. The number of thioether (sulfide) groups is 1. The van der Waals surface area contributed by atoms with Crippen molar-refractivity contribution in [2.75, 3.05) is 23.4 Å². The summed E-state index contributed by atoms with van der Waals surface area (Å²) >= 11 is 1.86. The van der Waals surface area contributed by atoms with Crippen molar-refractivity contribution < 1.29 is 13.5 Å². The molecule has 3 rings (SSSR count). The van der Waals surface area contributed by atoms with E-state index in [2.05, 4.69) is 5.32 Å². The number of hydrogen-bond acceptors (Lipinski definition) is 4. The molecule has 1 spiro atoms. The third-order valence-corrected chi connectivity index (χ3v) is 5.30. The second kappa shape index (κ2) is 5.82. The molecule has 2 aliphatic rings. The van der Waals surface area contributed by atoms with Crippen molar-refractivity contribution in [3.63, 3.8) is 0 Å². The molecular weight excluding hydrogens is 294 g/mol. The average molecular weight is 310 g/mol. The smallest absolute Gasteiger partial charge is 0.150 e. The molecule has 0 radical (unpaired) electrons. The lowest BCUT2D eigenvalue weighted by molar-refractivity contribution is -0.0628. The monoisotopic (exact) mass is 310 g/mol. The molecule has 2 heterocycles. The molecule has 1 N–H and O–H groups in total. The van der Waals surface area contributed by atoms with Gasteiger partial charge in [0.1, 0.15) is 5.69 Å². The molecule has 0 amide bonds. The molecule has 2 atom stereocenters. The normalized spacial score (nSPS) is 28.5. The van der Waals surface area contributed by atoms with Gasteiger partial charge in [0.2, 0.25) is 0 Å². The quantitative estimate of drug-likeness (QED) is 0.910. The number of anilines is 1. The van der Waals surface area contributed by atoms with Crippen molar-refractivity contribution >= 4 is 17.4 Å². The van der Waals surface area contributed by atoms with Crippen LogP contribution in [0.25, 0.3) is 0 Å². The molecule has 6 heteroatoms. The predicted molar refractivity (Wildman–Crippen MR) is 78.3 cm³/mol. The minimum Gasteiger partial charge on any atom is -0.377 e. The van der Waals surface area contributed by atoms with Gasteiger partial charge in [0, 0.05) is 18.4 Å². The summed E-state index contributed by atoms with van der Waals surface area (Å²) in [4.78, 5) is 0. The van der Waals surface area contributed by atoms with E-state index in [1.165, 1.54) is 0 Å². The lowest BCUT2D eigenvalue weighted by Crippen LogP contribution is -2.44. The van der Waals surface area contributed by atoms with Gasteiger partial charge in [0.05, 0.1) is 17.2 Å². The van der Waals surface area contributed by atoms with Crippen LogP contribution in [-0.4, -0.2) is 29.8 Å². The largest absolute Gasteiger partial charge is 0.377 e. The van der Waals surface area contributed by atoms with Crippen LogP contribution >= 0.6 is 11.8 Å². The maximum Gasteiger partial charge on any atom is 0.150 e. The van der Waals surface area contributed by atoms with Gasteiger partial charge in [-0.25, -0.2) is 8.78 Å². The highest BCUT2D eigenvalue weighted by Gasteiger charge is 2.40. The Bertz CT molecular complexity index is 559. The predicted octanol–water partition coefficient (Wildman–Crippen LogP) is 3.30. The number of ether oxygens (including phenoxy) is 1. The molecule has 0 unspecified atom stereocenters. The van der Waals surface area contributed by atoms with Gasteiger partial charge < -0.3 is 10.1 Å². The van der Waals surface area contributed by atoms with E-state index < -0.39 is 11.6 Å². The van der Waals surface area contributed by atoms with Gasteiger partial charge in [-0.1, -0.05) is 0 Å². The van der Waals surface area contributed by atoms with E-state index >= 15 is 0 Å². The van der Waals surface area contributed by atoms with Gasteiger partial charge in [0.15, 0.2) is 11.6 Å². The molecule has 0 saturated carbocycles. The van der Waals surface area contributed by atoms with E-state index in [0.29, 0.717) is 6.61 Å². The van der Waals surface area contributed by atoms with Crippen molar-refractivity contribution in [1.29, 1.82) is 5.26 Å². The number of hydrogen-bond donors (Lipinski definition) is 1. The van der Waals surface area contributed by atoms with Crippen LogP contribution in [0.5, 0.6) is 0 Å². The first-order valence-corrected chi connectivity index (χ1v) is 8.15. The maximum absolute atomic E-state index is 13.9. The number of nitrogens with one attached hydrogen (secondary N) is 1. The summed E-state index contributed by atoms with van der Waals surface area (Å²) in [5.74, 6) is 0.594. The third kappa shape index (κ3) is 2.99. The van der Waals surface area contributed by atoms with Crippen LogP contribution < -0.4 is 5.32 Å². The molecule has 2 fully saturated rings. The molecule has 0 bridgehead atoms. The zero-order chi connectivity index (χ0) is 14.9. The summed E-state index contributed by atoms with van der Waals surface area (Å²) in [6.45, 7) is 0.609. The van der Waals surface area contributed by atoms with Gasteiger partial charge in [0.25, 0.3) is 0 Å². The molecule has 2 saturated heterocycles. The van der Waals surface area contributed by atoms with Crippen LogP contribution in [0.2, 0.25) is 0 Å². The van der Waals surface area contributed by atoms with E-state index in [1.807, 2.05) is 11.8 Å². The number of benzene rings is 1. The fourth-order valence-electron chi connectivity index (χ4n) is 2.99. The highest BCUT2D eigenvalue weighted by Crippen LogP contribution is 2.39. The molecule has 21 heavy (non-hydrogen) atoms. The second-order valence-corrected chi connectivity index (χ2v) is 6.70. The topological polar surface area (TPSA) is 45.0 Å². The molecule has 2 aliphatic heterocycles. The van der Waals surface area contributed by atoms with Crippen LogP contribution in [-0.2, 0) is 4.74 Å². The van der Waals surface area contributed by atoms with E-state index in [0.717, 1.165) is 42.9 Å². The number of nitrogens with zero attached hydrogens (tertiary/aromatic N) is 1. The lowest BCUT2D eigenvalue weighted by Gasteiger charge is -2.38. The van der Waals surface area contributed by atoms with Crippen LogP contribution in [0.1, 0.15) is 24.8 Å². The molecule has 0 aliphatic carbocycles. The van der Waals surface area contributed by atoms with Crippen molar-refractivity contribution in [2.45, 2.75) is 30.9 Å². The lowest BCUT2D eigenvalue weighted by atomic mass is 9.89. The molecule has 1 aromatic rings. The Labute approximate surface area is 126 Å². The zero-order valence-electron chi connectivity index (χ0n) is 11.5. The molecular formula is C15H16F2N2OS. The minimum absolute atomic E-state index is 0.00520. The minimum atomic E-state index is -0.715. The Morgan fingerprint density at radius 2 is 2.14 bits per heavy atom. The Morgan fingerprint density at radius 1 is 1.38 bits per heavy atom. The average Bonchev–Trinajstić information content (AvgIpc) is 2.90. The van der Waals surface area contributed by atoms with Gasteiger partial charge in [-0.2, -0.15) is 17.0 Å². The number of halogens is 2. The van der Waals surface area contributed by atoms with Gasteiger partial charge in [-0.05, 0) is 37.1 Å². The van der Waals surface area contributed by atoms with Crippen LogP contribution in [0.4, 0.5) is 14.5 Å². The van der Waals surface area contributed by atoms with Gasteiger partial charge >= 0.3 is 0 Å². The standard InChI is InChI=1S/C15H16F2N2OS/c16-12-5-10(8-18)6-13(17)14(12)19-11-1-3-20-15(7-11)2-4-21-9-15/h5-6,11,19H,1-4,7,9H2/t11-,15+/m0/s1. The fourth-order valence-corrected chi connectivity index (χ4v) is 4.37. The number of rotatable bonds is 2. The Morgan fingerprint density at radius 3 is 2.76 bits per heavy atom. The fraction of sp³-hybridized carbons (Fsp3) is 0.533. The van der Waals surface area contributed by atoms with Crippen LogP contribution in [0.3, 0.4) is 0 Å². The second-order valence-electron chi connectivity index (χ2n) is 5.59. The summed E-state index contributed by atoms with van der Waals surface area (Å²) in [6, 6.07) is 3.87. The molecule has 1 aromatic carbocycles. The maximum atomic E-state index is 13.9. The van der Waals surface area contributed by atoms with Gasteiger partial charge in [-0.3, -0.25) is 0 Å². The van der Waals surface area contributed by atoms with Crippen molar-refractivity contribution in [2.24, 2.45) is 0 Å². The molecule has 3 nitrogen and oxygen atoms in total. The highest BCUT2D eigenvalue weighted by molar-refractivity contribution is 7.99. The van der Waals surface area contributed by atoms with E-state index in [9.17, 15) is 8.78 Å². The van der Waals surface area contributed by atoms with Crippen LogP contribution in [0.15, 0.2) is 12.1 Å². The molecule has 112 valence electrons. The van der Waals surface area contributed by atoms with Crippen LogP contribution in [0, 0.1) is 23.0 Å². The summed E-state index contributed by atoms with van der Waals surface area (Å²) in [5.41, 5.74) is -0.284. The van der Waals surface area contributed by atoms with E-state index in [-0.39, 0.29) is 22.9 Å². The Kier molecular flexibility index (Phi) is 4.05. The van der Waals surface area contributed by atoms with E-state index in [4.69, 9.17) is 10.00 Å². The van der Waals surface area contributed by atoms with Crippen molar-refractivity contribution in [1.82, 2.24) is 0 Å². The van der Waals surface area contributed by atoms with Crippen molar-refractivity contribution in [3.8, 4) is 6.07 Å². The first-order chi connectivity index (χ1) is 10.1. The first-order valence-electron chi connectivity index (χ1n) is 6.99. The van der Waals surface area contributed by atoms with Gasteiger partial charge in [-0.15, -0.1) is 0 Å². The first kappa shape index (κ1) is 14.6. The SMILES string of the molecule is N#Cc1cc(F)c(N[C@H]2CCO[C@]3(CCSC3)C2)c(F)c1. The van der Waals surface area contributed by atoms with Crippen molar-refractivity contribution in [3.05, 3.63) is 29.3 Å². The third-order valence-electron chi connectivity index (χ3n) is 4.08. The summed E-state index contributed by atoms with van der Waals surface area (Å²) in [6.07, 6.45) is 2.48. The Hall–Kier alpha value is -1.32. The summed E-state index contributed by atoms with van der Waals surface area (Å²) in [5, 5.41) is 11.7.